The molecule has 2 saturated heterocycles. The first-order valence-corrected chi connectivity index (χ1v) is 10.7. The lowest BCUT2D eigenvalue weighted by atomic mass is 9.77. The normalized spacial score (nSPS) is 22.3. The van der Waals surface area contributed by atoms with Gasteiger partial charge in [-0.1, -0.05) is 18.2 Å². The molecule has 150 valence electrons. The Morgan fingerprint density at radius 1 is 1.04 bits per heavy atom. The summed E-state index contributed by atoms with van der Waals surface area (Å²) in [5.74, 6) is -0.681. The molecule has 0 unspecified atom stereocenters. The smallest absolute Gasteiger partial charge is 0.325 e. The van der Waals surface area contributed by atoms with Gasteiger partial charge in [0.1, 0.15) is 12.1 Å². The topological polar surface area (TPSA) is 107 Å². The zero-order valence-corrected chi connectivity index (χ0v) is 16.2. The Hall–Kier alpha value is -2.46. The van der Waals surface area contributed by atoms with Crippen LogP contribution in [-0.2, 0) is 19.6 Å². The number of rotatable bonds is 4. The van der Waals surface area contributed by atoms with Crippen molar-refractivity contribution in [2.45, 2.75) is 29.7 Å². The molecule has 0 radical (unpaired) electrons. The highest BCUT2D eigenvalue weighted by molar-refractivity contribution is 7.89. The van der Waals surface area contributed by atoms with E-state index in [1.54, 1.807) is 30.3 Å². The molecule has 1 N–H and O–H groups in total. The van der Waals surface area contributed by atoms with E-state index in [1.807, 2.05) is 0 Å². The van der Waals surface area contributed by atoms with Gasteiger partial charge in [-0.05, 0) is 31.4 Å². The Bertz CT molecular complexity index is 905. The van der Waals surface area contributed by atoms with Gasteiger partial charge >= 0.3 is 6.03 Å². The van der Waals surface area contributed by atoms with Gasteiger partial charge < -0.3 is 10.2 Å². The van der Waals surface area contributed by atoms with Crippen LogP contribution in [-0.4, -0.2) is 78.6 Å². The molecule has 1 saturated carbocycles. The number of piperazine rings is 1. The molecule has 2 aliphatic heterocycles. The van der Waals surface area contributed by atoms with Gasteiger partial charge in [-0.2, -0.15) is 4.31 Å². The minimum atomic E-state index is -3.60. The molecule has 10 heteroatoms. The number of imide groups is 1. The average molecular weight is 406 g/mol. The number of benzene rings is 1. The molecule has 9 nitrogen and oxygen atoms in total. The third kappa shape index (κ3) is 3.06. The Kier molecular flexibility index (Phi) is 4.62. The Labute approximate surface area is 163 Å². The van der Waals surface area contributed by atoms with Crippen LogP contribution in [0.4, 0.5) is 4.79 Å². The number of sulfonamides is 1. The molecule has 1 aliphatic carbocycles. The second-order valence-corrected chi connectivity index (χ2v) is 9.29. The van der Waals surface area contributed by atoms with Crippen molar-refractivity contribution in [3.63, 3.8) is 0 Å². The fraction of sp³-hybridized carbons (Fsp3) is 0.500. The summed E-state index contributed by atoms with van der Waals surface area (Å²) in [6, 6.07) is 7.64. The van der Waals surface area contributed by atoms with E-state index < -0.39 is 21.6 Å². The van der Waals surface area contributed by atoms with Crippen molar-refractivity contribution in [1.82, 2.24) is 19.4 Å². The number of amides is 4. The average Bonchev–Trinajstić information content (AvgIpc) is 2.94. The monoisotopic (exact) mass is 406 g/mol. The first-order chi connectivity index (χ1) is 13.3. The summed E-state index contributed by atoms with van der Waals surface area (Å²) in [4.78, 5) is 39.8. The largest absolute Gasteiger partial charge is 0.338 e. The van der Waals surface area contributed by atoms with Gasteiger partial charge in [-0.3, -0.25) is 14.5 Å². The molecular formula is C18H22N4O5S. The number of nitrogens with one attached hydrogen (secondary N) is 1. The molecule has 4 rings (SSSR count). The second-order valence-electron chi connectivity index (χ2n) is 7.36. The molecule has 3 aliphatic rings. The molecule has 3 fully saturated rings. The van der Waals surface area contributed by atoms with Gasteiger partial charge in [0.2, 0.25) is 15.9 Å². The summed E-state index contributed by atoms with van der Waals surface area (Å²) in [7, 11) is -3.60. The van der Waals surface area contributed by atoms with Crippen LogP contribution in [0.1, 0.15) is 19.3 Å². The summed E-state index contributed by atoms with van der Waals surface area (Å²) in [5, 5.41) is 2.70. The molecule has 1 aromatic rings. The van der Waals surface area contributed by atoms with Crippen LogP contribution in [0.25, 0.3) is 0 Å². The molecule has 2 heterocycles. The maximum Gasteiger partial charge on any atom is 0.325 e. The van der Waals surface area contributed by atoms with E-state index in [2.05, 4.69) is 5.32 Å². The van der Waals surface area contributed by atoms with Gasteiger partial charge in [-0.15, -0.1) is 0 Å². The third-order valence-electron chi connectivity index (χ3n) is 5.72. The molecule has 0 bridgehead atoms. The van der Waals surface area contributed by atoms with E-state index in [0.717, 1.165) is 11.3 Å². The second kappa shape index (κ2) is 6.85. The Balaban J connectivity index is 1.36. The highest BCUT2D eigenvalue weighted by Gasteiger charge is 2.55. The molecule has 0 atom stereocenters. The van der Waals surface area contributed by atoms with Crippen molar-refractivity contribution in [2.75, 3.05) is 32.7 Å². The van der Waals surface area contributed by atoms with E-state index in [4.69, 9.17) is 0 Å². The summed E-state index contributed by atoms with van der Waals surface area (Å²) < 4.78 is 26.7. The van der Waals surface area contributed by atoms with Gasteiger partial charge in [0.05, 0.1) is 4.90 Å². The van der Waals surface area contributed by atoms with Gasteiger partial charge in [0.15, 0.2) is 0 Å². The summed E-state index contributed by atoms with van der Waals surface area (Å²) in [6.45, 7) is 0.483. The first-order valence-electron chi connectivity index (χ1n) is 9.31. The predicted octanol–water partition coefficient (Wildman–Crippen LogP) is -0.00600. The molecule has 4 amide bonds. The quantitative estimate of drug-likeness (QED) is 0.708. The van der Waals surface area contributed by atoms with Crippen LogP contribution in [0.2, 0.25) is 0 Å². The first kappa shape index (κ1) is 18.9. The summed E-state index contributed by atoms with van der Waals surface area (Å²) in [6.07, 6.45) is 2.10. The van der Waals surface area contributed by atoms with Gasteiger partial charge in [0, 0.05) is 26.2 Å². The fourth-order valence-electron chi connectivity index (χ4n) is 3.84. The zero-order valence-electron chi connectivity index (χ0n) is 15.3. The van der Waals surface area contributed by atoms with Gasteiger partial charge in [0.25, 0.3) is 5.91 Å². The van der Waals surface area contributed by atoms with Crippen molar-refractivity contribution in [3.05, 3.63) is 30.3 Å². The molecule has 28 heavy (non-hydrogen) atoms. The minimum absolute atomic E-state index is 0.174. The maximum absolute atomic E-state index is 12.7. The standard InChI is InChI=1S/C18H22N4O5S/c23-15(13-22-16(24)18(7-4-8-18)19-17(22)25)20-9-11-21(12-10-20)28(26,27)14-5-2-1-3-6-14/h1-3,5-6H,4,7-13H2,(H,19,25). The number of carbonyl (C=O) groups excluding carboxylic acids is 3. The number of hydrogen-bond acceptors (Lipinski definition) is 5. The van der Waals surface area contributed by atoms with Crippen molar-refractivity contribution in [2.24, 2.45) is 0 Å². The third-order valence-corrected chi connectivity index (χ3v) is 7.63. The Morgan fingerprint density at radius 2 is 1.68 bits per heavy atom. The minimum Gasteiger partial charge on any atom is -0.338 e. The maximum atomic E-state index is 12.7. The molecule has 0 aromatic heterocycles. The molecule has 1 spiro atoms. The number of nitrogens with zero attached hydrogens (tertiary/aromatic N) is 3. The van der Waals surface area contributed by atoms with E-state index in [1.165, 1.54) is 9.21 Å². The van der Waals surface area contributed by atoms with Crippen LogP contribution in [0.3, 0.4) is 0 Å². The van der Waals surface area contributed by atoms with Crippen LogP contribution < -0.4 is 5.32 Å². The van der Waals surface area contributed by atoms with E-state index in [-0.39, 0.29) is 49.4 Å². The van der Waals surface area contributed by atoms with Crippen LogP contribution in [0.15, 0.2) is 35.2 Å². The molecular weight excluding hydrogens is 384 g/mol. The zero-order chi connectivity index (χ0) is 19.9. The van der Waals surface area contributed by atoms with Crippen LogP contribution in [0, 0.1) is 0 Å². The SMILES string of the molecule is O=C(CN1C(=O)NC2(CCC2)C1=O)N1CCN(S(=O)(=O)c2ccccc2)CC1. The van der Waals surface area contributed by atoms with Gasteiger partial charge in [-0.25, -0.2) is 13.2 Å². The van der Waals surface area contributed by atoms with Crippen molar-refractivity contribution < 1.29 is 22.8 Å². The predicted molar refractivity (Wildman–Crippen MR) is 98.6 cm³/mol. The number of carbonyl (C=O) groups is 3. The van der Waals surface area contributed by atoms with E-state index in [9.17, 15) is 22.8 Å². The highest BCUT2D eigenvalue weighted by atomic mass is 32.2. The molecule has 1 aromatic carbocycles. The fourth-order valence-corrected chi connectivity index (χ4v) is 5.29. The number of hydrogen-bond donors (Lipinski definition) is 1. The van der Waals surface area contributed by atoms with E-state index >= 15 is 0 Å². The van der Waals surface area contributed by atoms with Crippen LogP contribution >= 0.6 is 0 Å². The van der Waals surface area contributed by atoms with Crippen molar-refractivity contribution in [3.8, 4) is 0 Å². The van der Waals surface area contributed by atoms with Crippen LogP contribution in [0.5, 0.6) is 0 Å². The van der Waals surface area contributed by atoms with Crippen molar-refractivity contribution >= 4 is 27.9 Å². The van der Waals surface area contributed by atoms with E-state index in [0.29, 0.717) is 12.8 Å². The Morgan fingerprint density at radius 3 is 2.21 bits per heavy atom. The lowest BCUT2D eigenvalue weighted by Gasteiger charge is -2.36. The number of urea groups is 1. The summed E-state index contributed by atoms with van der Waals surface area (Å²) in [5.41, 5.74) is -0.806. The summed E-state index contributed by atoms with van der Waals surface area (Å²) >= 11 is 0. The lowest BCUT2D eigenvalue weighted by molar-refractivity contribution is -0.141. The highest BCUT2D eigenvalue weighted by Crippen LogP contribution is 2.37. The lowest BCUT2D eigenvalue weighted by Crippen LogP contribution is -2.54. The van der Waals surface area contributed by atoms with Crippen molar-refractivity contribution in [1.29, 1.82) is 0 Å².